The molecule has 0 spiro atoms. The highest BCUT2D eigenvalue weighted by Gasteiger charge is 2.63. The molecular weight excluding hydrogens is 1430 g/mol. The topological polar surface area (TPSA) is 322 Å². The number of aliphatic hydroxyl groups excluding tert-OH is 1. The third-order valence-corrected chi connectivity index (χ3v) is 19.9. The summed E-state index contributed by atoms with van der Waals surface area (Å²) in [7, 11) is 0. The van der Waals surface area contributed by atoms with Gasteiger partial charge in [0.05, 0.1) is 55.3 Å². The Bertz CT molecular complexity index is 4400. The van der Waals surface area contributed by atoms with Crippen LogP contribution in [0.3, 0.4) is 0 Å². The second-order valence-corrected chi connectivity index (χ2v) is 26.9. The molecule has 0 radical (unpaired) electrons. The highest BCUT2D eigenvalue weighted by molar-refractivity contribution is 5.91. The first-order chi connectivity index (χ1) is 54.0. The molecule has 5 unspecified atom stereocenters. The number of benzene rings is 8. The lowest BCUT2D eigenvalue weighted by Crippen LogP contribution is -2.71. The van der Waals surface area contributed by atoms with Crippen LogP contribution >= 0.6 is 0 Å². The second kappa shape index (κ2) is 34.7. The van der Waals surface area contributed by atoms with Gasteiger partial charge in [0.15, 0.2) is 74.7 Å². The predicted molar refractivity (Wildman–Crippen MR) is 378 cm³/mol. The number of nitrogens with zero attached hydrogens (tertiary/aromatic N) is 3. The van der Waals surface area contributed by atoms with Crippen LogP contribution in [-0.4, -0.2) is 191 Å². The summed E-state index contributed by atoms with van der Waals surface area (Å²) >= 11 is 0. The Morgan fingerprint density at radius 1 is 0.336 bits per heavy atom. The van der Waals surface area contributed by atoms with Gasteiger partial charge in [-0.1, -0.05) is 199 Å². The van der Waals surface area contributed by atoms with E-state index in [4.69, 9.17) is 94.7 Å². The summed E-state index contributed by atoms with van der Waals surface area (Å²) < 4.78 is 136. The van der Waals surface area contributed by atoms with Crippen LogP contribution in [0.15, 0.2) is 248 Å². The number of ether oxygens (including phenoxy) is 20. The van der Waals surface area contributed by atoms with Crippen LogP contribution in [0.4, 0.5) is 0 Å². The van der Waals surface area contributed by atoms with Gasteiger partial charge in [-0.15, -0.1) is 0 Å². The van der Waals surface area contributed by atoms with Gasteiger partial charge in [-0.05, 0) is 54.1 Å². The van der Waals surface area contributed by atoms with Crippen molar-refractivity contribution in [3.63, 3.8) is 0 Å². The van der Waals surface area contributed by atoms with Gasteiger partial charge in [-0.2, -0.15) is 0 Å². The molecule has 110 heavy (non-hydrogen) atoms. The maximum absolute atomic E-state index is 15.4. The number of carbonyl (C=O) groups is 4. The maximum atomic E-state index is 15.4. The van der Waals surface area contributed by atoms with E-state index in [9.17, 15) is 20.2 Å². The van der Waals surface area contributed by atoms with E-state index in [-0.39, 0.29) is 61.8 Å². The molecule has 570 valence electrons. The van der Waals surface area contributed by atoms with E-state index < -0.39 is 172 Å². The first-order valence-corrected chi connectivity index (χ1v) is 36.3. The molecule has 16 rings (SSSR count). The molecule has 8 aliphatic rings. The van der Waals surface area contributed by atoms with Crippen LogP contribution in [0.25, 0.3) is 10.4 Å². The lowest BCUT2D eigenvalue weighted by molar-refractivity contribution is -0.427. The number of fused-ring (bicyclic) bond motifs is 4. The van der Waals surface area contributed by atoms with Crippen LogP contribution in [0.1, 0.15) is 88.8 Å². The molecule has 28 nitrogen and oxygen atoms in total. The molecule has 8 aromatic carbocycles. The van der Waals surface area contributed by atoms with Crippen LogP contribution < -0.4 is 0 Å². The molecule has 24 atom stereocenters. The van der Waals surface area contributed by atoms with Crippen molar-refractivity contribution in [1.82, 2.24) is 0 Å². The number of azide groups is 1. The minimum absolute atomic E-state index is 0.0723. The summed E-state index contributed by atoms with van der Waals surface area (Å²) in [5, 5.41) is 16.5. The average Bonchev–Trinajstić information content (AvgIpc) is 0.734. The van der Waals surface area contributed by atoms with Gasteiger partial charge in [0, 0.05) is 33.7 Å². The van der Waals surface area contributed by atoms with Crippen molar-refractivity contribution >= 4 is 23.9 Å². The number of carbonyl (C=O) groups excluding carboxylic acids is 4. The first kappa shape index (κ1) is 74.4. The zero-order valence-electron chi connectivity index (χ0n) is 58.8. The van der Waals surface area contributed by atoms with E-state index >= 15 is 9.59 Å². The number of aliphatic hydroxyl groups is 1. The Morgan fingerprint density at radius 3 is 0.900 bits per heavy atom. The normalized spacial score (nSPS) is 33.1. The Labute approximate surface area is 630 Å². The van der Waals surface area contributed by atoms with Crippen molar-refractivity contribution in [3.8, 4) is 0 Å². The van der Waals surface area contributed by atoms with E-state index in [1.54, 1.807) is 170 Å². The average molecular weight is 1500 g/mol. The Hall–Kier alpha value is -9.73. The molecule has 8 aromatic rings. The summed E-state index contributed by atoms with van der Waals surface area (Å²) in [6, 6.07) is 68.7. The van der Waals surface area contributed by atoms with E-state index in [0.717, 1.165) is 0 Å². The molecule has 8 aliphatic heterocycles. The van der Waals surface area contributed by atoms with Crippen molar-refractivity contribution in [3.05, 3.63) is 298 Å². The molecule has 0 amide bonds. The van der Waals surface area contributed by atoms with Gasteiger partial charge in [0.2, 0.25) is 0 Å². The van der Waals surface area contributed by atoms with E-state index in [1.165, 1.54) is 24.3 Å². The number of esters is 4. The number of hydrogen-bond donors (Lipinski definition) is 1. The largest absolute Gasteiger partial charge is 0.450 e. The fraction of sp³-hybridized carbons (Fsp3) is 0.366. The zero-order chi connectivity index (χ0) is 74.9. The molecule has 8 heterocycles. The van der Waals surface area contributed by atoms with Crippen molar-refractivity contribution in [1.29, 1.82) is 0 Å². The van der Waals surface area contributed by atoms with Crippen LogP contribution in [0, 0.1) is 0 Å². The SMILES string of the molecule is [N-]=[N+]=NCCO[C@@H]1O[C@@H]2COC(c3ccccc3)O[C@H]2[C@H](O[C@@H]2O[C@@H]3COC(c4ccccc4)O[C@H]3[C@H](O[C@@H]3O[C@@H]4COC(c5ccccc5)O[C@H]4C(O[C@@H]4O[C@@H]5COC(c6ccccc6)O[C@H]5[C@H](O)[C@H]4OC(=O)c4ccccc4)[C@H]3OC(=O)c3ccccc3)[C@H]2OC(=O)c2ccccc2)[C@H]1OC(=O)c1ccccc1. The molecule has 8 saturated heterocycles. The Morgan fingerprint density at radius 2 is 0.591 bits per heavy atom. The van der Waals surface area contributed by atoms with Crippen molar-refractivity contribution in [2.24, 2.45) is 5.11 Å². The predicted octanol–water partition coefficient (Wildman–Crippen LogP) is 10.1. The summed E-state index contributed by atoms with van der Waals surface area (Å²) in [6.45, 7) is -1.19. The van der Waals surface area contributed by atoms with Crippen molar-refractivity contribution in [2.45, 2.75) is 148 Å². The standard InChI is InChI=1S/C82H77N3O25/c83-85-84-41-42-91-79-68(101-72(88)48-27-11-2-12-28-48)65(61-56(96-79)44-93-76(105-61)52-35-19-6-20-36-52)109-81-70(103-74(90)50-31-15-4-16-32-50)67(63-58(98-81)46-95-78(107-63)54-39-23-8-24-40-54)110-82-69(102-73(89)49-29-13-3-14-30-49)66(62-57(99-82)45-94-77(106-62)53-37-21-7-22-38-53)108-80-64(100-71(87)47-25-9-1-10-26-47)59(86)60-55(97-80)43-92-75(104-60)51-33-17-5-18-34-51/h1-40,55-70,75-82,86H,41-46H2/t55-,56-,57-,58-,59+,60-,61-,62-,63-,64-,65+,66?,67+,68-,69-,70-,75?,76?,77?,78?,79-,80+,81+,82+/m1/s1. The second-order valence-electron chi connectivity index (χ2n) is 26.9. The molecule has 0 aliphatic carbocycles. The summed E-state index contributed by atoms with van der Waals surface area (Å²) in [6.07, 6.45) is -34.5. The fourth-order valence-corrected chi connectivity index (χ4v) is 14.5. The van der Waals surface area contributed by atoms with E-state index in [1.807, 2.05) is 48.5 Å². The Kier molecular flexibility index (Phi) is 23.4. The molecule has 0 bridgehead atoms. The first-order valence-electron chi connectivity index (χ1n) is 36.3. The minimum Gasteiger partial charge on any atom is -0.450 e. The minimum atomic E-state index is -1.88. The third kappa shape index (κ3) is 16.7. The van der Waals surface area contributed by atoms with Crippen molar-refractivity contribution in [2.75, 3.05) is 39.6 Å². The fourth-order valence-electron chi connectivity index (χ4n) is 14.5. The van der Waals surface area contributed by atoms with Gasteiger partial charge in [0.25, 0.3) is 0 Å². The van der Waals surface area contributed by atoms with Gasteiger partial charge < -0.3 is 99.8 Å². The monoisotopic (exact) mass is 1500 g/mol. The van der Waals surface area contributed by atoms with Gasteiger partial charge in [-0.25, -0.2) is 19.2 Å². The summed E-state index contributed by atoms with van der Waals surface area (Å²) in [4.78, 5) is 62.8. The molecule has 0 aromatic heterocycles. The van der Waals surface area contributed by atoms with Gasteiger partial charge >= 0.3 is 23.9 Å². The maximum Gasteiger partial charge on any atom is 0.338 e. The lowest BCUT2D eigenvalue weighted by Gasteiger charge is -2.54. The van der Waals surface area contributed by atoms with Crippen molar-refractivity contribution < 1.29 is 119 Å². The van der Waals surface area contributed by atoms with Crippen LogP contribution in [0.2, 0.25) is 0 Å². The Balaban J connectivity index is 0.827. The zero-order valence-corrected chi connectivity index (χ0v) is 58.8. The van der Waals surface area contributed by atoms with Crippen LogP contribution in [-0.2, 0) is 94.7 Å². The molecule has 28 heteroatoms. The quantitative estimate of drug-likeness (QED) is 0.0165. The highest BCUT2D eigenvalue weighted by atomic mass is 16.8. The van der Waals surface area contributed by atoms with E-state index in [0.29, 0.717) is 22.3 Å². The smallest absolute Gasteiger partial charge is 0.338 e. The highest BCUT2D eigenvalue weighted by Crippen LogP contribution is 2.46. The van der Waals surface area contributed by atoms with E-state index in [2.05, 4.69) is 10.0 Å². The molecule has 1 N–H and O–H groups in total. The molecule has 8 fully saturated rings. The lowest BCUT2D eigenvalue weighted by atomic mass is 9.93. The number of hydrogen-bond acceptors (Lipinski definition) is 26. The van der Waals surface area contributed by atoms with Gasteiger partial charge in [-0.3, -0.25) is 0 Å². The summed E-state index contributed by atoms with van der Waals surface area (Å²) in [5.74, 6) is -3.53. The van der Waals surface area contributed by atoms with Crippen LogP contribution in [0.5, 0.6) is 0 Å². The van der Waals surface area contributed by atoms with Gasteiger partial charge in [0.1, 0.15) is 73.2 Å². The summed E-state index contributed by atoms with van der Waals surface area (Å²) in [5.41, 5.74) is 12.2. The molecular formula is C82H77N3O25. The third-order valence-electron chi connectivity index (χ3n) is 19.9. The molecule has 0 saturated carbocycles. The number of rotatable bonds is 22.